The highest BCUT2D eigenvalue weighted by atomic mass is 16.5. The molecule has 0 aliphatic rings. The van der Waals surface area contributed by atoms with Gasteiger partial charge >= 0.3 is 6.01 Å². The molecule has 110 valence electrons. The molecule has 1 heterocycles. The molecule has 1 aromatic heterocycles. The lowest BCUT2D eigenvalue weighted by molar-refractivity contribution is 0.202. The highest BCUT2D eigenvalue weighted by Crippen LogP contribution is 2.15. The molecule has 6 nitrogen and oxygen atoms in total. The van der Waals surface area contributed by atoms with Crippen LogP contribution in [0.5, 0.6) is 0 Å². The summed E-state index contributed by atoms with van der Waals surface area (Å²) in [5.41, 5.74) is 0.0302. The summed E-state index contributed by atoms with van der Waals surface area (Å²) in [6.07, 6.45) is 0. The predicted octanol–water partition coefficient (Wildman–Crippen LogP) is 1.82. The van der Waals surface area contributed by atoms with Crippen molar-refractivity contribution in [3.05, 3.63) is 5.89 Å². The summed E-state index contributed by atoms with van der Waals surface area (Å²) in [6.45, 7) is 12.4. The van der Waals surface area contributed by atoms with E-state index in [2.05, 4.69) is 50.1 Å². The Hall–Kier alpha value is -1.14. The SMILES string of the molecule is COCCN(c1nnc(CNC(C)(C)C)o1)C(C)C. The van der Waals surface area contributed by atoms with Gasteiger partial charge in [0.1, 0.15) is 0 Å². The van der Waals surface area contributed by atoms with Gasteiger partial charge < -0.3 is 19.4 Å². The van der Waals surface area contributed by atoms with Crippen molar-refractivity contribution < 1.29 is 9.15 Å². The van der Waals surface area contributed by atoms with Crippen LogP contribution >= 0.6 is 0 Å². The lowest BCUT2D eigenvalue weighted by Crippen LogP contribution is -2.35. The maximum Gasteiger partial charge on any atom is 0.318 e. The van der Waals surface area contributed by atoms with E-state index in [9.17, 15) is 0 Å². The molecule has 0 unspecified atom stereocenters. The minimum atomic E-state index is 0.0302. The number of nitrogens with zero attached hydrogens (tertiary/aromatic N) is 3. The predicted molar refractivity (Wildman–Crippen MR) is 75.2 cm³/mol. The molecule has 1 rings (SSSR count). The van der Waals surface area contributed by atoms with E-state index in [4.69, 9.17) is 9.15 Å². The molecule has 1 N–H and O–H groups in total. The normalized spacial score (nSPS) is 12.2. The summed E-state index contributed by atoms with van der Waals surface area (Å²) < 4.78 is 10.8. The number of anilines is 1. The van der Waals surface area contributed by atoms with Crippen molar-refractivity contribution in [3.63, 3.8) is 0 Å². The second kappa shape index (κ2) is 6.86. The van der Waals surface area contributed by atoms with Gasteiger partial charge in [0.2, 0.25) is 5.89 Å². The monoisotopic (exact) mass is 270 g/mol. The van der Waals surface area contributed by atoms with Crippen LogP contribution in [0.2, 0.25) is 0 Å². The van der Waals surface area contributed by atoms with Crippen LogP contribution in [-0.4, -0.2) is 42.0 Å². The summed E-state index contributed by atoms with van der Waals surface area (Å²) in [5.74, 6) is 0.605. The Morgan fingerprint density at radius 1 is 1.32 bits per heavy atom. The van der Waals surface area contributed by atoms with E-state index in [0.29, 0.717) is 31.1 Å². The zero-order valence-electron chi connectivity index (χ0n) is 12.9. The zero-order valence-corrected chi connectivity index (χ0v) is 12.9. The summed E-state index contributed by atoms with van der Waals surface area (Å²) in [6, 6.07) is 0.844. The average molecular weight is 270 g/mol. The fraction of sp³-hybridized carbons (Fsp3) is 0.846. The van der Waals surface area contributed by atoms with Crippen LogP contribution in [0.3, 0.4) is 0 Å². The van der Waals surface area contributed by atoms with Crippen LogP contribution in [0.1, 0.15) is 40.5 Å². The Morgan fingerprint density at radius 2 is 2.00 bits per heavy atom. The topological polar surface area (TPSA) is 63.4 Å². The Labute approximate surface area is 115 Å². The highest BCUT2D eigenvalue weighted by Gasteiger charge is 2.18. The molecule has 6 heteroatoms. The van der Waals surface area contributed by atoms with Gasteiger partial charge in [0, 0.05) is 25.2 Å². The van der Waals surface area contributed by atoms with Crippen molar-refractivity contribution in [1.29, 1.82) is 0 Å². The van der Waals surface area contributed by atoms with E-state index in [-0.39, 0.29) is 5.54 Å². The van der Waals surface area contributed by atoms with Crippen LogP contribution in [0.25, 0.3) is 0 Å². The van der Waals surface area contributed by atoms with Gasteiger partial charge in [0.15, 0.2) is 0 Å². The molecule has 1 aromatic rings. The molecule has 0 spiro atoms. The molecule has 0 atom stereocenters. The summed E-state index contributed by atoms with van der Waals surface area (Å²) >= 11 is 0. The number of rotatable bonds is 7. The van der Waals surface area contributed by atoms with Crippen molar-refractivity contribution in [3.8, 4) is 0 Å². The molecule has 0 radical (unpaired) electrons. The van der Waals surface area contributed by atoms with Crippen LogP contribution in [0, 0.1) is 0 Å². The maximum atomic E-state index is 5.69. The van der Waals surface area contributed by atoms with Crippen LogP contribution in [-0.2, 0) is 11.3 Å². The summed E-state index contributed by atoms with van der Waals surface area (Å²) in [5, 5.41) is 11.5. The number of hydrogen-bond donors (Lipinski definition) is 1. The van der Waals surface area contributed by atoms with E-state index in [1.165, 1.54) is 0 Å². The number of hydrogen-bond acceptors (Lipinski definition) is 6. The second-order valence-electron chi connectivity index (χ2n) is 5.86. The van der Waals surface area contributed by atoms with Crippen molar-refractivity contribution in [2.45, 2.75) is 52.7 Å². The number of ether oxygens (including phenoxy) is 1. The van der Waals surface area contributed by atoms with Gasteiger partial charge in [-0.2, -0.15) is 0 Å². The second-order valence-corrected chi connectivity index (χ2v) is 5.86. The van der Waals surface area contributed by atoms with E-state index < -0.39 is 0 Å². The molecule has 0 amide bonds. The first kappa shape index (κ1) is 15.9. The third kappa shape index (κ3) is 5.57. The fourth-order valence-electron chi connectivity index (χ4n) is 1.54. The number of aromatic nitrogens is 2. The molecular weight excluding hydrogens is 244 g/mol. The first-order chi connectivity index (χ1) is 8.83. The number of nitrogens with one attached hydrogen (secondary N) is 1. The molecule has 0 aliphatic heterocycles. The van der Waals surface area contributed by atoms with Gasteiger partial charge in [-0.15, -0.1) is 5.10 Å². The van der Waals surface area contributed by atoms with Crippen molar-refractivity contribution >= 4 is 6.01 Å². The Bertz CT molecular complexity index is 371. The minimum Gasteiger partial charge on any atom is -0.407 e. The first-order valence-corrected chi connectivity index (χ1v) is 6.66. The fourth-order valence-corrected chi connectivity index (χ4v) is 1.54. The first-order valence-electron chi connectivity index (χ1n) is 6.66. The van der Waals surface area contributed by atoms with E-state index >= 15 is 0 Å². The van der Waals surface area contributed by atoms with Gasteiger partial charge in [0.05, 0.1) is 13.2 Å². The largest absolute Gasteiger partial charge is 0.407 e. The van der Waals surface area contributed by atoms with Crippen LogP contribution in [0.4, 0.5) is 6.01 Å². The van der Waals surface area contributed by atoms with Gasteiger partial charge in [-0.25, -0.2) is 0 Å². The Kier molecular flexibility index (Phi) is 5.75. The highest BCUT2D eigenvalue weighted by molar-refractivity contribution is 5.25. The van der Waals surface area contributed by atoms with Crippen molar-refractivity contribution in [2.24, 2.45) is 0 Å². The van der Waals surface area contributed by atoms with Gasteiger partial charge in [-0.3, -0.25) is 0 Å². The molecule has 0 aliphatic carbocycles. The Balaban J connectivity index is 2.65. The molecule has 0 saturated heterocycles. The lowest BCUT2D eigenvalue weighted by Gasteiger charge is -2.23. The van der Waals surface area contributed by atoms with Crippen molar-refractivity contribution in [2.75, 3.05) is 25.2 Å². The lowest BCUT2D eigenvalue weighted by atomic mass is 10.1. The standard InChI is InChI=1S/C13H26N4O2/c1-10(2)17(7-8-18-6)12-16-15-11(19-12)9-14-13(3,4)5/h10,14H,7-9H2,1-6H3. The molecule has 0 bridgehead atoms. The zero-order chi connectivity index (χ0) is 14.5. The summed E-state index contributed by atoms with van der Waals surface area (Å²) in [4.78, 5) is 2.04. The third-order valence-electron chi connectivity index (χ3n) is 2.63. The quantitative estimate of drug-likeness (QED) is 0.815. The molecule has 0 saturated carbocycles. The molecule has 0 fully saturated rings. The Morgan fingerprint density at radius 3 is 2.53 bits per heavy atom. The van der Waals surface area contributed by atoms with E-state index in [1.807, 2.05) is 4.90 Å². The van der Waals surface area contributed by atoms with Gasteiger partial charge in [-0.05, 0) is 34.6 Å². The van der Waals surface area contributed by atoms with Crippen LogP contribution in [0.15, 0.2) is 4.42 Å². The van der Waals surface area contributed by atoms with Crippen molar-refractivity contribution in [1.82, 2.24) is 15.5 Å². The van der Waals surface area contributed by atoms with E-state index in [1.54, 1.807) is 7.11 Å². The molecule has 19 heavy (non-hydrogen) atoms. The van der Waals surface area contributed by atoms with Gasteiger partial charge in [-0.1, -0.05) is 5.10 Å². The van der Waals surface area contributed by atoms with Crippen LogP contribution < -0.4 is 10.2 Å². The summed E-state index contributed by atoms with van der Waals surface area (Å²) in [7, 11) is 1.69. The molecular formula is C13H26N4O2. The number of methoxy groups -OCH3 is 1. The maximum absolute atomic E-state index is 5.69. The average Bonchev–Trinajstić information content (AvgIpc) is 2.74. The van der Waals surface area contributed by atoms with E-state index in [0.717, 1.165) is 6.54 Å². The van der Waals surface area contributed by atoms with Gasteiger partial charge in [0.25, 0.3) is 0 Å². The minimum absolute atomic E-state index is 0.0302. The molecule has 0 aromatic carbocycles. The third-order valence-corrected chi connectivity index (χ3v) is 2.63. The smallest absolute Gasteiger partial charge is 0.318 e.